The number of benzene rings is 1. The highest BCUT2D eigenvalue weighted by atomic mass is 16.5. The molecule has 0 spiro atoms. The minimum Gasteiger partial charge on any atom is -0.364 e. The van der Waals surface area contributed by atoms with Crippen molar-refractivity contribution in [2.24, 2.45) is 5.73 Å². The van der Waals surface area contributed by atoms with Crippen LogP contribution in [-0.2, 0) is 0 Å². The van der Waals surface area contributed by atoms with Crippen molar-refractivity contribution in [1.82, 2.24) is 10.1 Å². The molecule has 2 N–H and O–H groups in total. The van der Waals surface area contributed by atoms with Gasteiger partial charge >= 0.3 is 0 Å². The van der Waals surface area contributed by atoms with E-state index >= 15 is 0 Å². The second kappa shape index (κ2) is 4.93. The summed E-state index contributed by atoms with van der Waals surface area (Å²) < 4.78 is 5.01. The van der Waals surface area contributed by atoms with E-state index in [0.717, 1.165) is 5.56 Å². The van der Waals surface area contributed by atoms with E-state index in [0.29, 0.717) is 11.3 Å². The normalized spacial score (nSPS) is 10.2. The molecule has 0 fully saturated rings. The van der Waals surface area contributed by atoms with Crippen LogP contribution in [0.5, 0.6) is 0 Å². The molecule has 0 unspecified atom stereocenters. The molecule has 0 bridgehead atoms. The number of carbonyl (C=O) groups excluding carboxylic acids is 2. The Kier molecular flexibility index (Phi) is 3.33. The molecule has 1 aromatic carbocycles. The zero-order valence-electron chi connectivity index (χ0n) is 10.6. The van der Waals surface area contributed by atoms with Crippen LogP contribution < -0.4 is 5.73 Å². The zero-order chi connectivity index (χ0) is 14.0. The predicted octanol–water partition coefficient (Wildman–Crippen LogP) is 1.14. The largest absolute Gasteiger partial charge is 0.364 e. The van der Waals surface area contributed by atoms with Gasteiger partial charge < -0.3 is 15.2 Å². The molecule has 0 aliphatic rings. The van der Waals surface area contributed by atoms with Crippen LogP contribution in [0.2, 0.25) is 0 Å². The summed E-state index contributed by atoms with van der Waals surface area (Å²) in [6.07, 6.45) is 0. The maximum Gasteiger partial charge on any atom is 0.270 e. The maximum atomic E-state index is 11.7. The molecule has 2 aromatic rings. The molecular weight excluding hydrogens is 246 g/mol. The fourth-order valence-electron chi connectivity index (χ4n) is 1.56. The van der Waals surface area contributed by atoms with Crippen LogP contribution >= 0.6 is 0 Å². The average Bonchev–Trinajstić information content (AvgIpc) is 2.87. The SMILES string of the molecule is CN(C)C(=O)c1ccc(-c2cc(C(N)=O)no2)cc1. The molecule has 6 nitrogen and oxygen atoms in total. The molecular formula is C13H13N3O3. The molecule has 2 amide bonds. The number of hydrogen-bond donors (Lipinski definition) is 1. The number of rotatable bonds is 3. The summed E-state index contributed by atoms with van der Waals surface area (Å²) in [5.74, 6) is -0.297. The molecule has 0 aliphatic heterocycles. The van der Waals surface area contributed by atoms with Crippen molar-refractivity contribution in [3.05, 3.63) is 41.6 Å². The van der Waals surface area contributed by atoms with Gasteiger partial charge in [-0.2, -0.15) is 0 Å². The van der Waals surface area contributed by atoms with Gasteiger partial charge in [0.05, 0.1) is 0 Å². The molecule has 0 saturated carbocycles. The minimum atomic E-state index is -0.644. The number of nitrogens with zero attached hydrogens (tertiary/aromatic N) is 2. The Morgan fingerprint density at radius 2 is 1.84 bits per heavy atom. The lowest BCUT2D eigenvalue weighted by Gasteiger charge is -2.09. The minimum absolute atomic E-state index is 0.0726. The van der Waals surface area contributed by atoms with Gasteiger partial charge in [-0.15, -0.1) is 0 Å². The molecule has 0 saturated heterocycles. The number of aromatic nitrogens is 1. The van der Waals surface area contributed by atoms with Crippen molar-refractivity contribution in [2.75, 3.05) is 14.1 Å². The number of amides is 2. The van der Waals surface area contributed by atoms with Crippen LogP contribution in [0.25, 0.3) is 11.3 Å². The van der Waals surface area contributed by atoms with Gasteiger partial charge in [0, 0.05) is 31.3 Å². The quantitative estimate of drug-likeness (QED) is 0.895. The summed E-state index contributed by atoms with van der Waals surface area (Å²) in [4.78, 5) is 24.1. The molecule has 98 valence electrons. The standard InChI is InChI=1S/C13H13N3O3/c1-16(2)13(18)9-5-3-8(4-6-9)11-7-10(12(14)17)15-19-11/h3-7H,1-2H3,(H2,14,17). The van der Waals surface area contributed by atoms with Gasteiger partial charge in [-0.05, 0) is 12.1 Å². The van der Waals surface area contributed by atoms with E-state index < -0.39 is 5.91 Å². The van der Waals surface area contributed by atoms with Crippen LogP contribution in [0.3, 0.4) is 0 Å². The van der Waals surface area contributed by atoms with Gasteiger partial charge in [0.2, 0.25) is 0 Å². The first kappa shape index (κ1) is 12.8. The number of hydrogen-bond acceptors (Lipinski definition) is 4. The van der Waals surface area contributed by atoms with Gasteiger partial charge in [0.15, 0.2) is 11.5 Å². The fourth-order valence-corrected chi connectivity index (χ4v) is 1.56. The van der Waals surface area contributed by atoms with Gasteiger partial charge in [0.1, 0.15) is 0 Å². The van der Waals surface area contributed by atoms with E-state index in [1.165, 1.54) is 11.0 Å². The van der Waals surface area contributed by atoms with Crippen molar-refractivity contribution in [1.29, 1.82) is 0 Å². The highest BCUT2D eigenvalue weighted by Crippen LogP contribution is 2.21. The zero-order valence-corrected chi connectivity index (χ0v) is 10.6. The first-order valence-corrected chi connectivity index (χ1v) is 5.57. The van der Waals surface area contributed by atoms with E-state index in [4.69, 9.17) is 10.3 Å². The Morgan fingerprint density at radius 1 is 1.21 bits per heavy atom. The fraction of sp³-hybridized carbons (Fsp3) is 0.154. The van der Waals surface area contributed by atoms with Gasteiger partial charge in [-0.3, -0.25) is 9.59 Å². The summed E-state index contributed by atoms with van der Waals surface area (Å²) in [5.41, 5.74) is 6.45. The molecule has 0 atom stereocenters. The number of nitrogens with two attached hydrogens (primary N) is 1. The van der Waals surface area contributed by atoms with E-state index in [-0.39, 0.29) is 11.6 Å². The topological polar surface area (TPSA) is 89.4 Å². The third kappa shape index (κ3) is 2.62. The number of primary amides is 1. The number of carbonyl (C=O) groups is 2. The van der Waals surface area contributed by atoms with E-state index in [9.17, 15) is 9.59 Å². The highest BCUT2D eigenvalue weighted by molar-refractivity contribution is 5.94. The Labute approximate surface area is 109 Å². The first-order valence-electron chi connectivity index (χ1n) is 5.57. The van der Waals surface area contributed by atoms with Crippen molar-refractivity contribution in [3.8, 4) is 11.3 Å². The third-order valence-electron chi connectivity index (χ3n) is 2.59. The summed E-state index contributed by atoms with van der Waals surface area (Å²) in [5, 5.41) is 3.55. The van der Waals surface area contributed by atoms with Crippen molar-refractivity contribution in [2.45, 2.75) is 0 Å². The summed E-state index contributed by atoms with van der Waals surface area (Å²) in [6, 6.07) is 8.28. The molecule has 19 heavy (non-hydrogen) atoms. The lowest BCUT2D eigenvalue weighted by molar-refractivity contribution is 0.0827. The van der Waals surface area contributed by atoms with Gasteiger partial charge in [-0.1, -0.05) is 17.3 Å². The average molecular weight is 259 g/mol. The Hall–Kier alpha value is -2.63. The summed E-state index contributed by atoms with van der Waals surface area (Å²) in [6.45, 7) is 0. The lowest BCUT2D eigenvalue weighted by Crippen LogP contribution is -2.21. The van der Waals surface area contributed by atoms with Gasteiger partial charge in [-0.25, -0.2) is 0 Å². The van der Waals surface area contributed by atoms with Crippen molar-refractivity contribution in [3.63, 3.8) is 0 Å². The molecule has 0 radical (unpaired) electrons. The Balaban J connectivity index is 2.27. The Bertz CT molecular complexity index is 614. The highest BCUT2D eigenvalue weighted by Gasteiger charge is 2.12. The first-order chi connectivity index (χ1) is 8.99. The molecule has 1 aromatic heterocycles. The summed E-state index contributed by atoms with van der Waals surface area (Å²) >= 11 is 0. The monoisotopic (exact) mass is 259 g/mol. The summed E-state index contributed by atoms with van der Waals surface area (Å²) in [7, 11) is 3.37. The third-order valence-corrected chi connectivity index (χ3v) is 2.59. The smallest absolute Gasteiger partial charge is 0.270 e. The van der Waals surface area contributed by atoms with Crippen LogP contribution in [0.1, 0.15) is 20.8 Å². The predicted molar refractivity (Wildman–Crippen MR) is 68.5 cm³/mol. The van der Waals surface area contributed by atoms with Crippen LogP contribution in [0, 0.1) is 0 Å². The van der Waals surface area contributed by atoms with Crippen molar-refractivity contribution >= 4 is 11.8 Å². The van der Waals surface area contributed by atoms with Crippen molar-refractivity contribution < 1.29 is 14.1 Å². The maximum absolute atomic E-state index is 11.7. The van der Waals surface area contributed by atoms with Gasteiger partial charge in [0.25, 0.3) is 11.8 Å². The lowest BCUT2D eigenvalue weighted by atomic mass is 10.1. The van der Waals surface area contributed by atoms with E-state index in [1.807, 2.05) is 0 Å². The molecule has 1 heterocycles. The van der Waals surface area contributed by atoms with E-state index in [1.54, 1.807) is 38.4 Å². The van der Waals surface area contributed by atoms with Crippen LogP contribution in [0.4, 0.5) is 0 Å². The molecule has 0 aliphatic carbocycles. The Morgan fingerprint density at radius 3 is 2.32 bits per heavy atom. The molecule has 6 heteroatoms. The van der Waals surface area contributed by atoms with E-state index in [2.05, 4.69) is 5.16 Å². The van der Waals surface area contributed by atoms with Crippen LogP contribution in [0.15, 0.2) is 34.9 Å². The second-order valence-electron chi connectivity index (χ2n) is 4.22. The molecule has 2 rings (SSSR count). The second-order valence-corrected chi connectivity index (χ2v) is 4.22. The van der Waals surface area contributed by atoms with Crippen LogP contribution in [-0.4, -0.2) is 36.0 Å².